The summed E-state index contributed by atoms with van der Waals surface area (Å²) in [6.45, 7) is 36.8. The molecular formula is C47H86. The monoisotopic (exact) mass is 651 g/mol. The van der Waals surface area contributed by atoms with Gasteiger partial charge in [-0.15, -0.1) is 0 Å². The third-order valence-electron chi connectivity index (χ3n) is 7.96. The maximum Gasteiger partial charge on any atom is -0.0228 e. The molecule has 0 aromatic heterocycles. The molecule has 0 saturated heterocycles. The first-order chi connectivity index (χ1) is 22.5. The van der Waals surface area contributed by atoms with Crippen molar-refractivity contribution in [3.63, 3.8) is 0 Å². The minimum absolute atomic E-state index is 0.816. The standard InChI is InChI=1S/C11H14.2C9H18.C7H14.C6H12.C5H10/c1-3-10(4-2)11-8-6-5-7-9-11;1-5-9(6-2)7-8(3)4;1-4-7-8-9(5-2)6-3;1-4-7(5-2)6-3;1-4-6(3)5-2;1-3-5-4-2/h3,5-9H,4H2,1-2H3;5,8H,6-7H2,1-4H3;5H,4,6-8H2,1-3H3;4H,5-6H2,1-3H3;4H,5H2,1-3H3;3,5H,4H2,1-2H3/b10-3-;2*9-5-;;6-4+;5-3+. The molecule has 0 aliphatic rings. The van der Waals surface area contributed by atoms with Gasteiger partial charge in [-0.1, -0.05) is 171 Å². The van der Waals surface area contributed by atoms with Crippen molar-refractivity contribution >= 4 is 5.57 Å². The van der Waals surface area contributed by atoms with E-state index in [1.54, 1.807) is 16.7 Å². The Hall–Kier alpha value is -2.34. The molecule has 274 valence electrons. The van der Waals surface area contributed by atoms with E-state index in [9.17, 15) is 0 Å². The van der Waals surface area contributed by atoms with Crippen LogP contribution in [0.1, 0.15) is 194 Å². The lowest BCUT2D eigenvalue weighted by Gasteiger charge is -2.05. The Labute approximate surface area is 299 Å². The van der Waals surface area contributed by atoms with Gasteiger partial charge >= 0.3 is 0 Å². The minimum Gasteiger partial charge on any atom is -0.0917 e. The van der Waals surface area contributed by atoms with Crippen LogP contribution >= 0.6 is 0 Å². The van der Waals surface area contributed by atoms with Crippen LogP contribution < -0.4 is 0 Å². The fraction of sp³-hybridized carbons (Fsp3) is 0.617. The lowest BCUT2D eigenvalue weighted by atomic mass is 10.0. The highest BCUT2D eigenvalue weighted by Gasteiger charge is 1.96. The molecular weight excluding hydrogens is 565 g/mol. The van der Waals surface area contributed by atoms with Crippen molar-refractivity contribution in [2.24, 2.45) is 5.92 Å². The molecule has 0 amide bonds. The first-order valence-electron chi connectivity index (χ1n) is 19.4. The highest BCUT2D eigenvalue weighted by atomic mass is 14.0. The van der Waals surface area contributed by atoms with Crippen LogP contribution in [-0.4, -0.2) is 0 Å². The van der Waals surface area contributed by atoms with Gasteiger partial charge in [0.2, 0.25) is 0 Å². The van der Waals surface area contributed by atoms with Crippen LogP contribution in [0.25, 0.3) is 5.57 Å². The Morgan fingerprint density at radius 1 is 0.574 bits per heavy atom. The lowest BCUT2D eigenvalue weighted by Crippen LogP contribution is -1.89. The molecule has 1 rings (SSSR count). The number of benzene rings is 1. The maximum absolute atomic E-state index is 2.26. The largest absolute Gasteiger partial charge is 0.0917 e. The first-order valence-corrected chi connectivity index (χ1v) is 19.4. The summed E-state index contributed by atoms with van der Waals surface area (Å²) in [5.74, 6) is 0.816. The van der Waals surface area contributed by atoms with Crippen molar-refractivity contribution in [3.05, 3.63) is 101 Å². The van der Waals surface area contributed by atoms with E-state index in [2.05, 4.69) is 178 Å². The molecule has 0 aliphatic carbocycles. The molecule has 0 saturated carbocycles. The summed E-state index contributed by atoms with van der Waals surface area (Å²) in [6, 6.07) is 10.5. The predicted octanol–water partition coefficient (Wildman–Crippen LogP) is 17.5. The highest BCUT2D eigenvalue weighted by Crippen LogP contribution is 2.16. The van der Waals surface area contributed by atoms with Crippen LogP contribution in [0.2, 0.25) is 0 Å². The van der Waals surface area contributed by atoms with Gasteiger partial charge in [0.1, 0.15) is 0 Å². The Bertz CT molecular complexity index is 906. The van der Waals surface area contributed by atoms with Crippen LogP contribution in [0.5, 0.6) is 0 Å². The molecule has 0 N–H and O–H groups in total. The molecule has 0 atom stereocenters. The topological polar surface area (TPSA) is 0 Å². The Morgan fingerprint density at radius 3 is 1.26 bits per heavy atom. The van der Waals surface area contributed by atoms with Gasteiger partial charge in [0.15, 0.2) is 0 Å². The molecule has 0 fully saturated rings. The molecule has 0 radical (unpaired) electrons. The Morgan fingerprint density at radius 2 is 1.06 bits per heavy atom. The molecule has 0 heterocycles. The molecule has 0 heteroatoms. The number of allylic oxidation sites excluding steroid dienone is 12. The SMILES string of the molecule is C/C=C(/CC)CC(C)C.C/C=C(/CC)CCCC.C/C=C(/CC)c1ccccc1.C/C=C(\C)CC.C/C=C/CC.CC=C(CC)CC. The summed E-state index contributed by atoms with van der Waals surface area (Å²) in [5.41, 5.74) is 8.99. The van der Waals surface area contributed by atoms with E-state index < -0.39 is 0 Å². The maximum atomic E-state index is 2.26. The van der Waals surface area contributed by atoms with Crippen molar-refractivity contribution in [2.75, 3.05) is 0 Å². The summed E-state index contributed by atoms with van der Waals surface area (Å²) in [6.07, 6.45) is 28.8. The van der Waals surface area contributed by atoms with Crippen molar-refractivity contribution in [2.45, 2.75) is 188 Å². The molecule has 1 aromatic rings. The second-order valence-electron chi connectivity index (χ2n) is 12.0. The van der Waals surface area contributed by atoms with Gasteiger partial charge in [-0.05, 0) is 130 Å². The minimum atomic E-state index is 0.816. The van der Waals surface area contributed by atoms with Gasteiger partial charge in [0, 0.05) is 0 Å². The fourth-order valence-corrected chi connectivity index (χ4v) is 4.24. The normalized spacial score (nSPS) is 11.4. The number of rotatable bonds is 13. The zero-order valence-electron chi connectivity index (χ0n) is 35.3. The molecule has 0 nitrogen and oxygen atoms in total. The van der Waals surface area contributed by atoms with E-state index in [0.717, 1.165) is 18.8 Å². The van der Waals surface area contributed by atoms with E-state index in [1.165, 1.54) is 74.5 Å². The molecule has 0 bridgehead atoms. The van der Waals surface area contributed by atoms with E-state index in [1.807, 2.05) is 13.0 Å². The Balaban J connectivity index is -0.000000153. The van der Waals surface area contributed by atoms with Gasteiger partial charge < -0.3 is 0 Å². The number of hydrogen-bond donors (Lipinski definition) is 0. The number of hydrogen-bond acceptors (Lipinski definition) is 0. The highest BCUT2D eigenvalue weighted by molar-refractivity contribution is 5.64. The average molecular weight is 651 g/mol. The van der Waals surface area contributed by atoms with Crippen LogP contribution in [0.4, 0.5) is 0 Å². The van der Waals surface area contributed by atoms with Crippen molar-refractivity contribution < 1.29 is 0 Å². The quantitative estimate of drug-likeness (QED) is 0.186. The zero-order valence-corrected chi connectivity index (χ0v) is 35.3. The van der Waals surface area contributed by atoms with E-state index in [-0.39, 0.29) is 0 Å². The zero-order chi connectivity index (χ0) is 37.3. The molecule has 0 spiro atoms. The van der Waals surface area contributed by atoms with Crippen molar-refractivity contribution in [1.82, 2.24) is 0 Å². The van der Waals surface area contributed by atoms with Crippen LogP contribution in [0.15, 0.2) is 95.2 Å². The average Bonchev–Trinajstić information content (AvgIpc) is 3.11. The van der Waals surface area contributed by atoms with Crippen molar-refractivity contribution in [1.29, 1.82) is 0 Å². The second-order valence-corrected chi connectivity index (χ2v) is 12.0. The van der Waals surface area contributed by atoms with E-state index in [4.69, 9.17) is 0 Å². The van der Waals surface area contributed by atoms with Gasteiger partial charge in [0.25, 0.3) is 0 Å². The number of unbranched alkanes of at least 4 members (excludes halogenated alkanes) is 1. The van der Waals surface area contributed by atoms with Gasteiger partial charge in [-0.3, -0.25) is 0 Å². The molecule has 47 heavy (non-hydrogen) atoms. The summed E-state index contributed by atoms with van der Waals surface area (Å²) >= 11 is 0. The fourth-order valence-electron chi connectivity index (χ4n) is 4.24. The van der Waals surface area contributed by atoms with Gasteiger partial charge in [0.05, 0.1) is 0 Å². The predicted molar refractivity (Wildman–Crippen MR) is 227 cm³/mol. The van der Waals surface area contributed by atoms with E-state index >= 15 is 0 Å². The van der Waals surface area contributed by atoms with Crippen molar-refractivity contribution in [3.8, 4) is 0 Å². The first kappa shape index (κ1) is 54.1. The smallest absolute Gasteiger partial charge is 0.0228 e. The van der Waals surface area contributed by atoms with Crippen LogP contribution in [0.3, 0.4) is 0 Å². The van der Waals surface area contributed by atoms with E-state index in [0.29, 0.717) is 0 Å². The van der Waals surface area contributed by atoms with Crippen LogP contribution in [-0.2, 0) is 0 Å². The summed E-state index contributed by atoms with van der Waals surface area (Å²) < 4.78 is 0. The molecule has 1 aromatic carbocycles. The summed E-state index contributed by atoms with van der Waals surface area (Å²) in [4.78, 5) is 0. The van der Waals surface area contributed by atoms with Gasteiger partial charge in [-0.25, -0.2) is 0 Å². The van der Waals surface area contributed by atoms with Crippen LogP contribution in [0, 0.1) is 5.92 Å². The summed E-state index contributed by atoms with van der Waals surface area (Å²) in [7, 11) is 0. The summed E-state index contributed by atoms with van der Waals surface area (Å²) in [5, 5.41) is 0. The van der Waals surface area contributed by atoms with Gasteiger partial charge in [-0.2, -0.15) is 0 Å². The third kappa shape index (κ3) is 43.7. The molecule has 0 unspecified atom stereocenters. The Kier molecular flexibility index (Phi) is 52.7. The lowest BCUT2D eigenvalue weighted by molar-refractivity contribution is 0.629. The molecule has 0 aliphatic heterocycles. The second kappa shape index (κ2) is 45.8. The third-order valence-corrected chi connectivity index (χ3v) is 7.96.